The van der Waals surface area contributed by atoms with Gasteiger partial charge in [0.1, 0.15) is 10.8 Å². The normalized spacial score (nSPS) is 11.3. The van der Waals surface area contributed by atoms with E-state index in [1.54, 1.807) is 23.6 Å². The summed E-state index contributed by atoms with van der Waals surface area (Å²) in [6.45, 7) is 0.725. The maximum atomic E-state index is 5.82. The third-order valence-corrected chi connectivity index (χ3v) is 5.94. The van der Waals surface area contributed by atoms with Crippen LogP contribution in [0.25, 0.3) is 31.6 Å². The Morgan fingerprint density at radius 1 is 1.00 bits per heavy atom. The highest BCUT2D eigenvalue weighted by Crippen LogP contribution is 2.38. The van der Waals surface area contributed by atoms with E-state index in [-0.39, 0.29) is 0 Å². The fraction of sp³-hybridized carbons (Fsp3) is 0.0476. The van der Waals surface area contributed by atoms with Crippen LogP contribution in [0.3, 0.4) is 0 Å². The number of hydrogen-bond acceptors (Lipinski definition) is 4. The molecule has 0 saturated carbocycles. The summed E-state index contributed by atoms with van der Waals surface area (Å²) >= 11 is 7.59. The Kier molecular flexibility index (Phi) is 4.03. The second-order valence-corrected chi connectivity index (χ2v) is 7.73. The van der Waals surface area contributed by atoms with Gasteiger partial charge in [-0.25, -0.2) is 4.98 Å². The largest absolute Gasteiger partial charge is 0.380 e. The van der Waals surface area contributed by atoms with E-state index in [1.165, 1.54) is 20.3 Å². The van der Waals surface area contributed by atoms with Crippen LogP contribution in [0.4, 0.5) is 5.69 Å². The summed E-state index contributed by atoms with van der Waals surface area (Å²) in [5.74, 6) is 0. The molecule has 0 radical (unpaired) electrons. The molecule has 2 N–H and O–H groups in total. The highest BCUT2D eigenvalue weighted by atomic mass is 35.5. The minimum Gasteiger partial charge on any atom is -0.380 e. The zero-order valence-electron chi connectivity index (χ0n) is 14.2. The molecular formula is C21H15ClN4S. The van der Waals surface area contributed by atoms with E-state index in [9.17, 15) is 0 Å². The number of benzene rings is 2. The van der Waals surface area contributed by atoms with Crippen molar-refractivity contribution < 1.29 is 0 Å². The number of anilines is 1. The van der Waals surface area contributed by atoms with Gasteiger partial charge in [0, 0.05) is 22.2 Å². The van der Waals surface area contributed by atoms with E-state index < -0.39 is 0 Å². The van der Waals surface area contributed by atoms with Crippen molar-refractivity contribution in [3.8, 4) is 11.3 Å². The third-order valence-electron chi connectivity index (χ3n) is 4.54. The van der Waals surface area contributed by atoms with Crippen molar-refractivity contribution in [1.29, 1.82) is 0 Å². The molecular weight excluding hydrogens is 376 g/mol. The highest BCUT2D eigenvalue weighted by Gasteiger charge is 2.13. The van der Waals surface area contributed by atoms with Crippen molar-refractivity contribution >= 4 is 48.9 Å². The van der Waals surface area contributed by atoms with E-state index in [1.807, 2.05) is 6.07 Å². The minimum atomic E-state index is 0.497. The molecule has 0 spiro atoms. The topological polar surface area (TPSA) is 53.6 Å². The Hall–Kier alpha value is -2.89. The van der Waals surface area contributed by atoms with Gasteiger partial charge in [-0.2, -0.15) is 5.10 Å². The van der Waals surface area contributed by atoms with Crippen LogP contribution in [0.2, 0.25) is 5.15 Å². The summed E-state index contributed by atoms with van der Waals surface area (Å²) in [6.07, 6.45) is 1.73. The molecule has 3 heterocycles. The summed E-state index contributed by atoms with van der Waals surface area (Å²) in [7, 11) is 0. The zero-order valence-corrected chi connectivity index (χ0v) is 15.8. The number of thiophene rings is 1. The second kappa shape index (κ2) is 6.68. The number of fused-ring (bicyclic) bond motifs is 3. The average molecular weight is 391 g/mol. The number of H-pyrrole nitrogens is 1. The first-order valence-electron chi connectivity index (χ1n) is 8.58. The molecule has 0 atom stereocenters. The number of nitrogens with zero attached hydrogens (tertiary/aromatic N) is 2. The van der Waals surface area contributed by atoms with E-state index in [4.69, 9.17) is 11.6 Å². The number of pyridine rings is 1. The number of nitrogens with one attached hydrogen (secondary N) is 2. The molecule has 0 aliphatic carbocycles. The van der Waals surface area contributed by atoms with E-state index in [2.05, 4.69) is 69.0 Å². The van der Waals surface area contributed by atoms with Gasteiger partial charge in [-0.05, 0) is 23.8 Å². The van der Waals surface area contributed by atoms with Crippen LogP contribution in [0, 0.1) is 0 Å². The monoisotopic (exact) mass is 390 g/mol. The first-order chi connectivity index (χ1) is 13.3. The maximum absolute atomic E-state index is 5.82. The molecule has 0 aliphatic rings. The molecule has 27 heavy (non-hydrogen) atoms. The summed E-state index contributed by atoms with van der Waals surface area (Å²) in [5.41, 5.74) is 5.38. The average Bonchev–Trinajstić information content (AvgIpc) is 3.27. The predicted molar refractivity (Wildman–Crippen MR) is 113 cm³/mol. The minimum absolute atomic E-state index is 0.497. The van der Waals surface area contributed by atoms with E-state index >= 15 is 0 Å². The van der Waals surface area contributed by atoms with Crippen molar-refractivity contribution in [2.24, 2.45) is 0 Å². The lowest BCUT2D eigenvalue weighted by Gasteiger charge is -2.07. The van der Waals surface area contributed by atoms with Gasteiger partial charge in [0.25, 0.3) is 0 Å². The second-order valence-electron chi connectivity index (χ2n) is 6.29. The van der Waals surface area contributed by atoms with Crippen LogP contribution in [-0.2, 0) is 6.54 Å². The van der Waals surface area contributed by atoms with Gasteiger partial charge in [-0.15, -0.1) is 11.3 Å². The van der Waals surface area contributed by atoms with Crippen LogP contribution in [0.5, 0.6) is 0 Å². The number of aromatic amines is 1. The molecule has 0 saturated heterocycles. The fourth-order valence-corrected chi connectivity index (χ4v) is 4.42. The molecule has 0 amide bonds. The third kappa shape index (κ3) is 3.05. The molecule has 3 aromatic heterocycles. The predicted octanol–water partition coefficient (Wildman–Crippen LogP) is 6.11. The van der Waals surface area contributed by atoms with Crippen LogP contribution in [0.15, 0.2) is 66.9 Å². The molecule has 6 heteroatoms. The lowest BCUT2D eigenvalue weighted by molar-refractivity contribution is 1.12. The molecule has 0 unspecified atom stereocenters. The van der Waals surface area contributed by atoms with Crippen LogP contribution in [0.1, 0.15) is 5.56 Å². The van der Waals surface area contributed by atoms with Crippen LogP contribution in [-0.4, -0.2) is 15.2 Å². The number of aromatic nitrogens is 3. The Labute approximate surface area is 164 Å². The Morgan fingerprint density at radius 3 is 2.67 bits per heavy atom. The molecule has 0 bridgehead atoms. The number of rotatable bonds is 4. The highest BCUT2D eigenvalue weighted by molar-refractivity contribution is 7.26. The van der Waals surface area contributed by atoms with Gasteiger partial charge in [0.2, 0.25) is 0 Å². The van der Waals surface area contributed by atoms with Crippen molar-refractivity contribution in [2.45, 2.75) is 6.54 Å². The summed E-state index contributed by atoms with van der Waals surface area (Å²) in [6, 6.07) is 20.6. The lowest BCUT2D eigenvalue weighted by Crippen LogP contribution is -1.99. The molecule has 0 aliphatic heterocycles. The van der Waals surface area contributed by atoms with E-state index in [0.717, 1.165) is 29.0 Å². The number of hydrogen-bond donors (Lipinski definition) is 2. The van der Waals surface area contributed by atoms with Crippen LogP contribution < -0.4 is 5.32 Å². The summed E-state index contributed by atoms with van der Waals surface area (Å²) in [5, 5.41) is 12.8. The molecule has 4 nitrogen and oxygen atoms in total. The van der Waals surface area contributed by atoms with Gasteiger partial charge in [0.05, 0.1) is 22.1 Å². The standard InChI is InChI=1S/C21H15ClN4S/c22-18-10-9-15(12-24-18)23-11-13-5-7-14(8-6-13)19-21-20(26-25-19)16-3-1-2-4-17(16)27-21/h1-10,12,23H,11H2,(H,25,26). The van der Waals surface area contributed by atoms with Crippen molar-refractivity contribution in [3.63, 3.8) is 0 Å². The van der Waals surface area contributed by atoms with Gasteiger partial charge in [-0.3, -0.25) is 5.10 Å². The fourth-order valence-electron chi connectivity index (χ4n) is 3.15. The molecule has 5 aromatic rings. The Bertz CT molecular complexity index is 1220. The SMILES string of the molecule is Clc1ccc(NCc2ccc(-c3n[nH]c4c3sc3ccccc34)cc2)cn1. The van der Waals surface area contributed by atoms with Crippen molar-refractivity contribution in [2.75, 3.05) is 5.32 Å². The van der Waals surface area contributed by atoms with Gasteiger partial charge in [-0.1, -0.05) is 54.1 Å². The quantitative estimate of drug-likeness (QED) is 0.364. The Morgan fingerprint density at radius 2 is 1.85 bits per heavy atom. The zero-order chi connectivity index (χ0) is 18.2. The molecule has 0 fully saturated rings. The van der Waals surface area contributed by atoms with Crippen LogP contribution >= 0.6 is 22.9 Å². The summed E-state index contributed by atoms with van der Waals surface area (Å²) < 4.78 is 2.48. The summed E-state index contributed by atoms with van der Waals surface area (Å²) in [4.78, 5) is 4.08. The molecule has 2 aromatic carbocycles. The molecule has 132 valence electrons. The van der Waals surface area contributed by atoms with Crippen molar-refractivity contribution in [1.82, 2.24) is 15.2 Å². The van der Waals surface area contributed by atoms with E-state index in [0.29, 0.717) is 5.15 Å². The number of halogens is 1. The van der Waals surface area contributed by atoms with Gasteiger partial charge < -0.3 is 5.32 Å². The van der Waals surface area contributed by atoms with Gasteiger partial charge >= 0.3 is 0 Å². The first kappa shape index (κ1) is 16.3. The molecule has 5 rings (SSSR count). The Balaban J connectivity index is 1.40. The maximum Gasteiger partial charge on any atom is 0.129 e. The lowest BCUT2D eigenvalue weighted by atomic mass is 10.1. The first-order valence-corrected chi connectivity index (χ1v) is 9.78. The van der Waals surface area contributed by atoms with Crippen molar-refractivity contribution in [3.05, 3.63) is 77.6 Å². The smallest absolute Gasteiger partial charge is 0.129 e. The van der Waals surface area contributed by atoms with Gasteiger partial charge in [0.15, 0.2) is 0 Å².